The van der Waals surface area contributed by atoms with E-state index in [9.17, 15) is 25.0 Å². The van der Waals surface area contributed by atoms with Gasteiger partial charge in [-0.05, 0) is 6.07 Å². The fourth-order valence-electron chi connectivity index (χ4n) is 1.25. The molecule has 0 fully saturated rings. The number of nitrogens with one attached hydrogen (secondary N) is 1. The number of hydrogen-bond donors (Lipinski definition) is 3. The molecule has 0 heterocycles. The molecule has 0 unspecified atom stereocenters. The van der Waals surface area contributed by atoms with E-state index in [1.54, 1.807) is 0 Å². The van der Waals surface area contributed by atoms with Crippen LogP contribution in [0.4, 0.5) is 17.1 Å². The molecule has 102 valence electrons. The molecule has 0 radical (unpaired) electrons. The fraction of sp³-hybridized carbons (Fsp3) is 0.222. The van der Waals surface area contributed by atoms with Crippen molar-refractivity contribution in [2.24, 2.45) is 11.5 Å². The number of non-ortho nitro benzene ring substituents is 1. The number of benzene rings is 1. The molecule has 0 saturated carbocycles. The van der Waals surface area contributed by atoms with Gasteiger partial charge in [0.15, 0.2) is 0 Å². The second-order valence-corrected chi connectivity index (χ2v) is 3.61. The smallest absolute Gasteiger partial charge is 0.299 e. The Morgan fingerprint density at radius 1 is 1.32 bits per heavy atom. The zero-order chi connectivity index (χ0) is 14.6. The quantitative estimate of drug-likeness (QED) is 0.471. The van der Waals surface area contributed by atoms with Gasteiger partial charge in [0.2, 0.25) is 5.91 Å². The zero-order valence-corrected chi connectivity index (χ0v) is 9.61. The van der Waals surface area contributed by atoms with Crippen LogP contribution in [-0.4, -0.2) is 28.3 Å². The predicted octanol–water partition coefficient (Wildman–Crippen LogP) is -0.272. The summed E-state index contributed by atoms with van der Waals surface area (Å²) in [5.74, 6) is -0.767. The molecule has 1 aromatic carbocycles. The normalized spacial score (nSPS) is 11.6. The Kier molecular flexibility index (Phi) is 4.32. The number of anilines is 1. The molecule has 0 aliphatic heterocycles. The average molecular weight is 269 g/mol. The largest absolute Gasteiger partial charge is 0.377 e. The Balaban J connectivity index is 2.97. The molecule has 0 bridgehead atoms. The summed E-state index contributed by atoms with van der Waals surface area (Å²) in [4.78, 5) is 30.5. The molecule has 5 N–H and O–H groups in total. The van der Waals surface area contributed by atoms with Gasteiger partial charge >= 0.3 is 0 Å². The minimum atomic E-state index is -1.02. The van der Waals surface area contributed by atoms with Gasteiger partial charge in [-0.15, -0.1) is 0 Å². The molecular formula is C9H11N5O5. The highest BCUT2D eigenvalue weighted by atomic mass is 16.6. The van der Waals surface area contributed by atoms with Crippen molar-refractivity contribution in [2.75, 3.05) is 11.9 Å². The maximum absolute atomic E-state index is 10.8. The second kappa shape index (κ2) is 5.73. The van der Waals surface area contributed by atoms with Crippen LogP contribution in [0.15, 0.2) is 18.2 Å². The first-order valence-electron chi connectivity index (χ1n) is 5.04. The number of carbonyl (C=O) groups excluding carboxylic acids is 1. The van der Waals surface area contributed by atoms with Gasteiger partial charge in [0.05, 0.1) is 15.9 Å². The molecule has 1 atom stereocenters. The highest BCUT2D eigenvalue weighted by Gasteiger charge is 2.20. The van der Waals surface area contributed by atoms with E-state index in [4.69, 9.17) is 11.5 Å². The third-order valence-corrected chi connectivity index (χ3v) is 2.27. The molecule has 1 rings (SSSR count). The van der Waals surface area contributed by atoms with E-state index in [1.807, 2.05) is 0 Å². The molecule has 0 spiro atoms. The van der Waals surface area contributed by atoms with Gasteiger partial charge in [0.1, 0.15) is 11.7 Å². The summed E-state index contributed by atoms with van der Waals surface area (Å²) in [6, 6.07) is 2.07. The van der Waals surface area contributed by atoms with Crippen LogP contribution in [0.5, 0.6) is 0 Å². The minimum Gasteiger partial charge on any atom is -0.377 e. The number of amides is 1. The predicted molar refractivity (Wildman–Crippen MR) is 65.4 cm³/mol. The van der Waals surface area contributed by atoms with Crippen molar-refractivity contribution in [3.63, 3.8) is 0 Å². The summed E-state index contributed by atoms with van der Waals surface area (Å²) in [6.45, 7) is -0.117. The highest BCUT2D eigenvalue weighted by molar-refractivity contribution is 5.80. The number of nitro groups is 2. The first-order valence-corrected chi connectivity index (χ1v) is 5.04. The van der Waals surface area contributed by atoms with Crippen LogP contribution in [-0.2, 0) is 4.79 Å². The monoisotopic (exact) mass is 269 g/mol. The lowest BCUT2D eigenvalue weighted by molar-refractivity contribution is -0.393. The second-order valence-electron chi connectivity index (χ2n) is 3.61. The Bertz CT molecular complexity index is 532. The first-order chi connectivity index (χ1) is 8.82. The van der Waals surface area contributed by atoms with Gasteiger partial charge in [-0.3, -0.25) is 25.0 Å². The third kappa shape index (κ3) is 3.61. The summed E-state index contributed by atoms with van der Waals surface area (Å²) >= 11 is 0. The van der Waals surface area contributed by atoms with Crippen molar-refractivity contribution >= 4 is 23.0 Å². The van der Waals surface area contributed by atoms with Crippen LogP contribution in [0.3, 0.4) is 0 Å². The maximum Gasteiger partial charge on any atom is 0.299 e. The number of rotatable bonds is 6. The topological polar surface area (TPSA) is 167 Å². The molecule has 0 aliphatic carbocycles. The van der Waals surface area contributed by atoms with Crippen molar-refractivity contribution in [3.8, 4) is 0 Å². The first kappa shape index (κ1) is 14.3. The zero-order valence-electron chi connectivity index (χ0n) is 9.61. The number of nitrogens with two attached hydrogens (primary N) is 2. The Morgan fingerprint density at radius 2 is 1.95 bits per heavy atom. The van der Waals surface area contributed by atoms with Crippen LogP contribution in [0.1, 0.15) is 0 Å². The van der Waals surface area contributed by atoms with Crippen molar-refractivity contribution in [1.82, 2.24) is 0 Å². The number of nitrogens with zero attached hydrogens (tertiary/aromatic N) is 2. The molecule has 0 aliphatic rings. The van der Waals surface area contributed by atoms with Crippen molar-refractivity contribution < 1.29 is 14.6 Å². The average Bonchev–Trinajstić information content (AvgIpc) is 2.35. The molecule has 10 heteroatoms. The maximum atomic E-state index is 10.8. The van der Waals surface area contributed by atoms with E-state index >= 15 is 0 Å². The van der Waals surface area contributed by atoms with Crippen LogP contribution in [0.25, 0.3) is 0 Å². The van der Waals surface area contributed by atoms with E-state index in [0.717, 1.165) is 12.1 Å². The van der Waals surface area contributed by atoms with Gasteiger partial charge in [0, 0.05) is 12.6 Å². The molecule has 1 amide bonds. The van der Waals surface area contributed by atoms with Gasteiger partial charge in [-0.25, -0.2) is 0 Å². The summed E-state index contributed by atoms with van der Waals surface area (Å²) < 4.78 is 0. The summed E-state index contributed by atoms with van der Waals surface area (Å²) in [5, 5.41) is 23.9. The van der Waals surface area contributed by atoms with Crippen LogP contribution in [0, 0.1) is 20.2 Å². The summed E-state index contributed by atoms with van der Waals surface area (Å²) in [6.07, 6.45) is 0. The van der Waals surface area contributed by atoms with Crippen molar-refractivity contribution in [2.45, 2.75) is 6.04 Å². The lowest BCUT2D eigenvalue weighted by Crippen LogP contribution is -2.41. The minimum absolute atomic E-state index is 0.0206. The SMILES string of the molecule is NC(=O)[C@@H](N)CNc1ccc([N+](=O)[O-])cc1[N+](=O)[O-]. The Morgan fingerprint density at radius 3 is 2.42 bits per heavy atom. The number of hydrogen-bond acceptors (Lipinski definition) is 7. The van der Waals surface area contributed by atoms with Crippen molar-refractivity contribution in [1.29, 1.82) is 0 Å². The highest BCUT2D eigenvalue weighted by Crippen LogP contribution is 2.28. The molecule has 10 nitrogen and oxygen atoms in total. The lowest BCUT2D eigenvalue weighted by atomic mass is 10.2. The van der Waals surface area contributed by atoms with Crippen LogP contribution < -0.4 is 16.8 Å². The van der Waals surface area contributed by atoms with E-state index < -0.39 is 33.2 Å². The van der Waals surface area contributed by atoms with Gasteiger partial charge < -0.3 is 16.8 Å². The molecule has 19 heavy (non-hydrogen) atoms. The van der Waals surface area contributed by atoms with Crippen LogP contribution >= 0.6 is 0 Å². The van der Waals surface area contributed by atoms with Crippen LogP contribution in [0.2, 0.25) is 0 Å². The number of primary amides is 1. The molecule has 0 saturated heterocycles. The van der Waals surface area contributed by atoms with Gasteiger partial charge in [-0.1, -0.05) is 0 Å². The summed E-state index contributed by atoms with van der Waals surface area (Å²) in [5.41, 5.74) is 9.42. The van der Waals surface area contributed by atoms with Gasteiger partial charge in [0.25, 0.3) is 11.4 Å². The lowest BCUT2D eigenvalue weighted by Gasteiger charge is -2.10. The fourth-order valence-corrected chi connectivity index (χ4v) is 1.25. The Labute approximate surface area is 106 Å². The van der Waals surface area contributed by atoms with Crippen molar-refractivity contribution in [3.05, 3.63) is 38.4 Å². The van der Waals surface area contributed by atoms with Gasteiger partial charge in [-0.2, -0.15) is 0 Å². The Hall–Kier alpha value is -2.75. The number of nitro benzene ring substituents is 2. The standard InChI is InChI=1S/C9H11N5O5/c10-6(9(11)15)4-12-7-2-1-5(13(16)17)3-8(7)14(18)19/h1-3,6,12H,4,10H2,(H2,11,15)/t6-/m0/s1. The number of carbonyl (C=O) groups is 1. The molecule has 1 aromatic rings. The van der Waals surface area contributed by atoms with E-state index in [-0.39, 0.29) is 12.2 Å². The molecular weight excluding hydrogens is 258 g/mol. The van der Waals surface area contributed by atoms with E-state index in [0.29, 0.717) is 0 Å². The summed E-state index contributed by atoms with van der Waals surface area (Å²) in [7, 11) is 0. The molecule has 0 aromatic heterocycles. The third-order valence-electron chi connectivity index (χ3n) is 2.27. The van der Waals surface area contributed by atoms with E-state index in [1.165, 1.54) is 6.07 Å². The van der Waals surface area contributed by atoms with E-state index in [2.05, 4.69) is 5.32 Å².